The molecule has 6 rings (SSSR count). The fourth-order valence-electron chi connectivity index (χ4n) is 5.67. The van der Waals surface area contributed by atoms with Crippen LogP contribution in [0.1, 0.15) is 57.1 Å². The van der Waals surface area contributed by atoms with E-state index in [1.807, 2.05) is 6.26 Å². The minimum absolute atomic E-state index is 0.00395. The molecule has 6 aromatic rings. The van der Waals surface area contributed by atoms with E-state index in [0.717, 1.165) is 56.8 Å². The molecule has 3 heteroatoms. The number of hydrogen-bond donors (Lipinski definition) is 0. The molecular formula is C35H35NO2. The number of pyridine rings is 1. The molecule has 192 valence electrons. The lowest BCUT2D eigenvalue weighted by Crippen LogP contribution is -2.12. The van der Waals surface area contributed by atoms with Crippen LogP contribution in [0.25, 0.3) is 55.2 Å². The summed E-state index contributed by atoms with van der Waals surface area (Å²) in [6, 6.07) is 21.9. The van der Waals surface area contributed by atoms with Gasteiger partial charge in [-0.25, -0.2) is 4.98 Å². The highest BCUT2D eigenvalue weighted by Gasteiger charge is 2.21. The molecule has 0 amide bonds. The van der Waals surface area contributed by atoms with Crippen LogP contribution in [0.5, 0.6) is 0 Å². The van der Waals surface area contributed by atoms with Crippen LogP contribution in [-0.4, -0.2) is 4.98 Å². The van der Waals surface area contributed by atoms with E-state index in [-0.39, 0.29) is 5.41 Å². The van der Waals surface area contributed by atoms with Crippen LogP contribution in [0.2, 0.25) is 0 Å². The maximum Gasteiger partial charge on any atom is 0.160 e. The molecular weight excluding hydrogens is 466 g/mol. The van der Waals surface area contributed by atoms with Crippen molar-refractivity contribution in [2.24, 2.45) is 5.92 Å². The minimum Gasteiger partial charge on any atom is -0.462 e. The summed E-state index contributed by atoms with van der Waals surface area (Å²) >= 11 is 0. The largest absolute Gasteiger partial charge is 0.462 e. The molecule has 0 unspecified atom stereocenters. The second-order valence-electron chi connectivity index (χ2n) is 12.1. The van der Waals surface area contributed by atoms with E-state index >= 15 is 0 Å². The van der Waals surface area contributed by atoms with Gasteiger partial charge in [-0.15, -0.1) is 0 Å². The van der Waals surface area contributed by atoms with Gasteiger partial charge in [-0.1, -0.05) is 71.0 Å². The van der Waals surface area contributed by atoms with E-state index in [2.05, 4.69) is 109 Å². The molecule has 0 atom stereocenters. The van der Waals surface area contributed by atoms with Crippen LogP contribution >= 0.6 is 0 Å². The highest BCUT2D eigenvalue weighted by Crippen LogP contribution is 2.39. The summed E-state index contributed by atoms with van der Waals surface area (Å²) < 4.78 is 12.3. The zero-order chi connectivity index (χ0) is 26.8. The molecule has 0 saturated carbocycles. The van der Waals surface area contributed by atoms with Crippen LogP contribution in [0.3, 0.4) is 0 Å². The molecule has 3 aromatic heterocycles. The zero-order valence-corrected chi connectivity index (χ0v) is 23.4. The van der Waals surface area contributed by atoms with E-state index < -0.39 is 0 Å². The molecule has 3 aromatic carbocycles. The fraction of sp³-hybridized carbons (Fsp3) is 0.286. The normalized spacial score (nSPS) is 12.4. The van der Waals surface area contributed by atoms with E-state index in [4.69, 9.17) is 13.8 Å². The standard InChI is InChI=1S/C35H35NO2/c1-20(2)14-28-22(4)38-32-17-24(12-13-27(28)32)29-18-31(36-33-21(3)19-37-34(29)33)25-15-23-10-8-9-11-26(23)30(16-25)35(5,6)7/h8-13,15-20H,14H2,1-7H3. The summed E-state index contributed by atoms with van der Waals surface area (Å²) in [4.78, 5) is 5.12. The maximum atomic E-state index is 6.25. The molecule has 0 aliphatic carbocycles. The van der Waals surface area contributed by atoms with Crippen LogP contribution in [0.4, 0.5) is 0 Å². The average Bonchev–Trinajstić information content (AvgIpc) is 3.40. The second-order valence-corrected chi connectivity index (χ2v) is 12.1. The smallest absolute Gasteiger partial charge is 0.160 e. The summed E-state index contributed by atoms with van der Waals surface area (Å²) in [6.07, 6.45) is 2.82. The highest BCUT2D eigenvalue weighted by atomic mass is 16.3. The number of nitrogens with zero attached hydrogens (tertiary/aromatic N) is 1. The molecule has 0 spiro atoms. The van der Waals surface area contributed by atoms with E-state index in [1.54, 1.807) is 0 Å². The molecule has 3 nitrogen and oxygen atoms in total. The Morgan fingerprint density at radius 3 is 2.42 bits per heavy atom. The van der Waals surface area contributed by atoms with Crippen molar-refractivity contribution in [3.63, 3.8) is 0 Å². The van der Waals surface area contributed by atoms with Crippen molar-refractivity contribution in [3.05, 3.63) is 89.4 Å². The first-order valence-electron chi connectivity index (χ1n) is 13.5. The Kier molecular flexibility index (Phi) is 5.72. The van der Waals surface area contributed by atoms with Gasteiger partial charge >= 0.3 is 0 Å². The number of furan rings is 2. The van der Waals surface area contributed by atoms with Crippen LogP contribution in [-0.2, 0) is 11.8 Å². The number of aromatic nitrogens is 1. The lowest BCUT2D eigenvalue weighted by Gasteiger charge is -2.23. The number of aryl methyl sites for hydroxylation is 2. The third kappa shape index (κ3) is 4.11. The van der Waals surface area contributed by atoms with Gasteiger partial charge in [0.05, 0.1) is 12.0 Å². The number of benzene rings is 3. The first-order chi connectivity index (χ1) is 18.1. The van der Waals surface area contributed by atoms with Gasteiger partial charge in [0.15, 0.2) is 5.58 Å². The molecule has 0 saturated heterocycles. The Morgan fingerprint density at radius 2 is 1.66 bits per heavy atom. The monoisotopic (exact) mass is 501 g/mol. The Balaban J connectivity index is 1.58. The van der Waals surface area contributed by atoms with Gasteiger partial charge in [-0.05, 0) is 77.8 Å². The van der Waals surface area contributed by atoms with E-state index in [9.17, 15) is 0 Å². The zero-order valence-electron chi connectivity index (χ0n) is 23.4. The average molecular weight is 502 g/mol. The van der Waals surface area contributed by atoms with Gasteiger partial charge in [0, 0.05) is 27.6 Å². The van der Waals surface area contributed by atoms with Gasteiger partial charge in [0.25, 0.3) is 0 Å². The molecule has 0 N–H and O–H groups in total. The Hall–Kier alpha value is -3.85. The van der Waals surface area contributed by atoms with Crippen molar-refractivity contribution in [2.45, 2.75) is 60.3 Å². The quantitative estimate of drug-likeness (QED) is 0.241. The summed E-state index contributed by atoms with van der Waals surface area (Å²) in [5, 5.41) is 3.72. The predicted octanol–water partition coefficient (Wildman–Crippen LogP) is 10.2. The van der Waals surface area contributed by atoms with Crippen LogP contribution in [0, 0.1) is 19.8 Å². The topological polar surface area (TPSA) is 39.2 Å². The van der Waals surface area contributed by atoms with Crippen molar-refractivity contribution in [1.29, 1.82) is 0 Å². The first-order valence-corrected chi connectivity index (χ1v) is 13.5. The van der Waals surface area contributed by atoms with Crippen molar-refractivity contribution >= 4 is 32.8 Å². The first kappa shape index (κ1) is 24.5. The Morgan fingerprint density at radius 1 is 0.868 bits per heavy atom. The predicted molar refractivity (Wildman–Crippen MR) is 159 cm³/mol. The van der Waals surface area contributed by atoms with Crippen LogP contribution in [0.15, 0.2) is 75.8 Å². The van der Waals surface area contributed by atoms with Crippen LogP contribution < -0.4 is 0 Å². The fourth-order valence-corrected chi connectivity index (χ4v) is 5.67. The van der Waals surface area contributed by atoms with Gasteiger partial charge in [-0.3, -0.25) is 0 Å². The third-order valence-electron chi connectivity index (χ3n) is 7.58. The molecule has 0 aliphatic heterocycles. The van der Waals surface area contributed by atoms with Crippen molar-refractivity contribution in [3.8, 4) is 22.4 Å². The van der Waals surface area contributed by atoms with Gasteiger partial charge in [0.2, 0.25) is 0 Å². The summed E-state index contributed by atoms with van der Waals surface area (Å²) in [5.74, 6) is 1.58. The second kappa shape index (κ2) is 8.87. The van der Waals surface area contributed by atoms with Gasteiger partial charge in [0.1, 0.15) is 16.9 Å². The Labute approximate surface area is 224 Å². The lowest BCUT2D eigenvalue weighted by molar-refractivity contribution is 0.560. The SMILES string of the molecule is Cc1oc2cc(-c3cc(-c4cc(C(C)(C)C)c5ccccc5c4)nc4c(C)coc34)ccc2c1CC(C)C. The van der Waals surface area contributed by atoms with E-state index in [0.29, 0.717) is 5.92 Å². The lowest BCUT2D eigenvalue weighted by atomic mass is 9.82. The summed E-state index contributed by atoms with van der Waals surface area (Å²) in [7, 11) is 0. The van der Waals surface area contributed by atoms with Gasteiger partial charge in [-0.2, -0.15) is 0 Å². The number of rotatable bonds is 4. The molecule has 3 heterocycles. The summed E-state index contributed by atoms with van der Waals surface area (Å²) in [5.41, 5.74) is 10.5. The molecule has 38 heavy (non-hydrogen) atoms. The number of fused-ring (bicyclic) bond motifs is 3. The van der Waals surface area contributed by atoms with Crippen molar-refractivity contribution in [2.75, 3.05) is 0 Å². The minimum atomic E-state index is 0.00395. The molecule has 0 aliphatic rings. The van der Waals surface area contributed by atoms with Crippen molar-refractivity contribution in [1.82, 2.24) is 4.98 Å². The van der Waals surface area contributed by atoms with E-state index in [1.165, 1.54) is 27.3 Å². The molecule has 0 bridgehead atoms. The Bertz CT molecular complexity index is 1820. The third-order valence-corrected chi connectivity index (χ3v) is 7.58. The number of hydrogen-bond acceptors (Lipinski definition) is 3. The highest BCUT2D eigenvalue weighted by molar-refractivity contribution is 5.98. The van der Waals surface area contributed by atoms with Crippen molar-refractivity contribution < 1.29 is 8.83 Å². The summed E-state index contributed by atoms with van der Waals surface area (Å²) in [6.45, 7) is 15.4. The maximum absolute atomic E-state index is 6.25. The molecule has 0 fully saturated rings. The molecule has 0 radical (unpaired) electrons. The van der Waals surface area contributed by atoms with Gasteiger partial charge < -0.3 is 8.83 Å².